The molecule has 0 unspecified atom stereocenters. The normalized spacial score (nSPS) is 13.5. The van der Waals surface area contributed by atoms with Crippen molar-refractivity contribution in [3.05, 3.63) is 12.2 Å². The first-order valence-corrected chi connectivity index (χ1v) is 3.15. The first-order valence-electron chi connectivity index (χ1n) is 3.15. The minimum Gasteiger partial charge on any atom is -0.466 e. The highest BCUT2D eigenvalue weighted by molar-refractivity contribution is 5.81. The molecular weight excluding hydrogens is 132 g/mol. The second-order valence-electron chi connectivity index (χ2n) is 1.86. The molecule has 0 rings (SSSR count). The lowest BCUT2D eigenvalue weighted by Gasteiger charge is -1.97. The van der Waals surface area contributed by atoms with Crippen LogP contribution in [-0.4, -0.2) is 24.3 Å². The second kappa shape index (κ2) is 4.99. The maximum absolute atomic E-state index is 10.4. The van der Waals surface area contributed by atoms with Crippen LogP contribution < -0.4 is 0 Å². The summed E-state index contributed by atoms with van der Waals surface area (Å²) >= 11 is 0. The zero-order valence-electron chi connectivity index (χ0n) is 6.20. The Morgan fingerprint density at radius 1 is 1.80 bits per heavy atom. The van der Waals surface area contributed by atoms with Crippen LogP contribution in [0, 0.1) is 0 Å². The molecule has 0 amide bonds. The van der Waals surface area contributed by atoms with E-state index in [9.17, 15) is 4.79 Å². The van der Waals surface area contributed by atoms with Gasteiger partial charge in [0, 0.05) is 6.08 Å². The predicted octanol–water partition coefficient (Wildman–Crippen LogP) is 0.486. The van der Waals surface area contributed by atoms with Gasteiger partial charge in [-0.25, -0.2) is 4.79 Å². The summed E-state index contributed by atoms with van der Waals surface area (Å²) < 4.78 is 4.31. The van der Waals surface area contributed by atoms with Gasteiger partial charge in [0.05, 0.1) is 13.2 Å². The summed E-state index contributed by atoms with van der Waals surface area (Å²) in [6.07, 6.45) is 2.69. The highest BCUT2D eigenvalue weighted by Crippen LogP contribution is 1.91. The number of carbonyl (C=O) groups excluding carboxylic acids is 1. The second-order valence-corrected chi connectivity index (χ2v) is 1.86. The van der Waals surface area contributed by atoms with E-state index in [2.05, 4.69) is 4.74 Å². The Labute approximate surface area is 60.3 Å². The zero-order valence-corrected chi connectivity index (χ0v) is 6.20. The molecule has 0 saturated carbocycles. The Balaban J connectivity index is 3.63. The zero-order chi connectivity index (χ0) is 7.98. The van der Waals surface area contributed by atoms with Crippen molar-refractivity contribution in [2.75, 3.05) is 7.11 Å². The topological polar surface area (TPSA) is 46.5 Å². The standard InChI is InChI=1S/C7H12O3/c1-3-6(8)4-5-7(9)10-2/h4-6,8H,3H2,1-2H3/b5-4+/t6-/m1/s1. The maximum atomic E-state index is 10.4. The van der Waals surface area contributed by atoms with Crippen molar-refractivity contribution in [2.24, 2.45) is 0 Å². The molecule has 1 N–H and O–H groups in total. The Hall–Kier alpha value is -0.830. The Morgan fingerprint density at radius 3 is 2.80 bits per heavy atom. The molecule has 0 spiro atoms. The molecule has 0 aromatic carbocycles. The number of carbonyl (C=O) groups is 1. The van der Waals surface area contributed by atoms with E-state index in [4.69, 9.17) is 5.11 Å². The molecule has 0 bridgehead atoms. The summed E-state index contributed by atoms with van der Waals surface area (Å²) in [4.78, 5) is 10.4. The van der Waals surface area contributed by atoms with Gasteiger partial charge in [0.15, 0.2) is 0 Å². The number of esters is 1. The lowest BCUT2D eigenvalue weighted by Crippen LogP contribution is -2.01. The van der Waals surface area contributed by atoms with Crippen molar-refractivity contribution in [1.29, 1.82) is 0 Å². The van der Waals surface area contributed by atoms with Gasteiger partial charge >= 0.3 is 5.97 Å². The van der Waals surface area contributed by atoms with Crippen molar-refractivity contribution in [1.82, 2.24) is 0 Å². The molecule has 0 aliphatic carbocycles. The average Bonchev–Trinajstić information content (AvgIpc) is 1.99. The van der Waals surface area contributed by atoms with E-state index < -0.39 is 12.1 Å². The van der Waals surface area contributed by atoms with Crippen LogP contribution in [0.25, 0.3) is 0 Å². The molecule has 0 aromatic heterocycles. The fraction of sp³-hybridized carbons (Fsp3) is 0.571. The molecular formula is C7H12O3. The Morgan fingerprint density at radius 2 is 2.40 bits per heavy atom. The van der Waals surface area contributed by atoms with Crippen LogP contribution in [0.1, 0.15) is 13.3 Å². The van der Waals surface area contributed by atoms with E-state index in [1.165, 1.54) is 19.3 Å². The summed E-state index contributed by atoms with van der Waals surface area (Å²) in [5.41, 5.74) is 0. The van der Waals surface area contributed by atoms with Crippen LogP contribution in [0.5, 0.6) is 0 Å². The number of methoxy groups -OCH3 is 1. The molecule has 0 aromatic rings. The number of ether oxygens (including phenoxy) is 1. The van der Waals surface area contributed by atoms with E-state index in [1.54, 1.807) is 0 Å². The van der Waals surface area contributed by atoms with Crippen LogP contribution in [0.4, 0.5) is 0 Å². The quantitative estimate of drug-likeness (QED) is 0.463. The van der Waals surface area contributed by atoms with E-state index in [1.807, 2.05) is 6.92 Å². The fourth-order valence-electron chi connectivity index (χ4n) is 0.394. The molecule has 3 heteroatoms. The molecule has 10 heavy (non-hydrogen) atoms. The molecule has 0 aliphatic rings. The number of hydrogen-bond donors (Lipinski definition) is 1. The van der Waals surface area contributed by atoms with Gasteiger partial charge in [-0.2, -0.15) is 0 Å². The Kier molecular flexibility index (Phi) is 4.58. The Bertz CT molecular complexity index is 129. The monoisotopic (exact) mass is 144 g/mol. The average molecular weight is 144 g/mol. The van der Waals surface area contributed by atoms with Crippen molar-refractivity contribution in [3.63, 3.8) is 0 Å². The van der Waals surface area contributed by atoms with Gasteiger partial charge in [0.2, 0.25) is 0 Å². The van der Waals surface area contributed by atoms with Crippen LogP contribution in [0.15, 0.2) is 12.2 Å². The van der Waals surface area contributed by atoms with E-state index >= 15 is 0 Å². The van der Waals surface area contributed by atoms with E-state index in [0.29, 0.717) is 6.42 Å². The third-order valence-electron chi connectivity index (χ3n) is 1.07. The highest BCUT2D eigenvalue weighted by Gasteiger charge is 1.95. The largest absolute Gasteiger partial charge is 0.466 e. The molecule has 0 aliphatic heterocycles. The summed E-state index contributed by atoms with van der Waals surface area (Å²) in [5, 5.41) is 8.91. The third-order valence-corrected chi connectivity index (χ3v) is 1.07. The van der Waals surface area contributed by atoms with Crippen molar-refractivity contribution in [2.45, 2.75) is 19.4 Å². The molecule has 0 saturated heterocycles. The van der Waals surface area contributed by atoms with Gasteiger partial charge in [-0.15, -0.1) is 0 Å². The lowest BCUT2D eigenvalue weighted by molar-refractivity contribution is -0.134. The first-order chi connectivity index (χ1) is 4.70. The van der Waals surface area contributed by atoms with E-state index in [-0.39, 0.29) is 0 Å². The smallest absolute Gasteiger partial charge is 0.330 e. The van der Waals surface area contributed by atoms with Crippen LogP contribution in [0.3, 0.4) is 0 Å². The molecule has 0 fully saturated rings. The molecule has 3 nitrogen and oxygen atoms in total. The number of rotatable bonds is 3. The summed E-state index contributed by atoms with van der Waals surface area (Å²) in [5.74, 6) is -0.438. The number of hydrogen-bond acceptors (Lipinski definition) is 3. The van der Waals surface area contributed by atoms with Crippen molar-refractivity contribution in [3.8, 4) is 0 Å². The van der Waals surface area contributed by atoms with Gasteiger partial charge in [-0.1, -0.05) is 6.92 Å². The first kappa shape index (κ1) is 9.17. The number of aliphatic hydroxyl groups excluding tert-OH is 1. The number of aliphatic hydroxyl groups is 1. The van der Waals surface area contributed by atoms with Gasteiger partial charge in [-0.05, 0) is 12.5 Å². The van der Waals surface area contributed by atoms with Crippen molar-refractivity contribution < 1.29 is 14.6 Å². The van der Waals surface area contributed by atoms with Gasteiger partial charge < -0.3 is 9.84 Å². The fourth-order valence-corrected chi connectivity index (χ4v) is 0.394. The predicted molar refractivity (Wildman–Crippen MR) is 37.5 cm³/mol. The summed E-state index contributed by atoms with van der Waals surface area (Å²) in [6.45, 7) is 1.83. The van der Waals surface area contributed by atoms with Gasteiger partial charge in [0.1, 0.15) is 0 Å². The summed E-state index contributed by atoms with van der Waals surface area (Å²) in [7, 11) is 1.30. The van der Waals surface area contributed by atoms with Crippen LogP contribution in [-0.2, 0) is 9.53 Å². The third kappa shape index (κ3) is 4.09. The van der Waals surface area contributed by atoms with Gasteiger partial charge in [0.25, 0.3) is 0 Å². The SMILES string of the molecule is CC[C@@H](O)/C=C/C(=O)OC. The highest BCUT2D eigenvalue weighted by atomic mass is 16.5. The molecule has 0 heterocycles. The molecule has 58 valence electrons. The van der Waals surface area contributed by atoms with E-state index in [0.717, 1.165) is 0 Å². The lowest BCUT2D eigenvalue weighted by atomic mass is 10.2. The minimum atomic E-state index is -0.543. The van der Waals surface area contributed by atoms with Crippen molar-refractivity contribution >= 4 is 5.97 Å². The minimum absolute atomic E-state index is 0.438. The van der Waals surface area contributed by atoms with Gasteiger partial charge in [-0.3, -0.25) is 0 Å². The van der Waals surface area contributed by atoms with Crippen LogP contribution >= 0.6 is 0 Å². The van der Waals surface area contributed by atoms with Crippen LogP contribution in [0.2, 0.25) is 0 Å². The molecule has 1 atom stereocenters. The summed E-state index contributed by atoms with van der Waals surface area (Å²) in [6, 6.07) is 0. The molecule has 0 radical (unpaired) electrons. The maximum Gasteiger partial charge on any atom is 0.330 e.